The summed E-state index contributed by atoms with van der Waals surface area (Å²) in [5, 5.41) is 4.85. The molecule has 0 saturated carbocycles. The number of amides is 1. The van der Waals surface area contributed by atoms with Crippen LogP contribution in [0.25, 0.3) is 6.08 Å². The molecule has 0 radical (unpaired) electrons. The van der Waals surface area contributed by atoms with Gasteiger partial charge in [0.05, 0.1) is 0 Å². The van der Waals surface area contributed by atoms with E-state index >= 15 is 0 Å². The van der Waals surface area contributed by atoms with Crippen LogP contribution >= 0.6 is 11.3 Å². The van der Waals surface area contributed by atoms with Crippen molar-refractivity contribution in [1.29, 1.82) is 0 Å². The van der Waals surface area contributed by atoms with Crippen molar-refractivity contribution in [2.45, 2.75) is 13.8 Å². The van der Waals surface area contributed by atoms with E-state index in [1.165, 1.54) is 49.5 Å². The topological polar surface area (TPSA) is 94.6 Å². The largest absolute Gasteiger partial charge is 0.423 e. The molecule has 0 aliphatic heterocycles. The van der Waals surface area contributed by atoms with Crippen molar-refractivity contribution in [2.24, 2.45) is 0 Å². The van der Waals surface area contributed by atoms with Gasteiger partial charge in [0.15, 0.2) is 16.6 Å². The molecule has 1 amide bonds. The lowest BCUT2D eigenvalue weighted by atomic mass is 10.2. The van der Waals surface area contributed by atoms with Crippen LogP contribution in [0.1, 0.15) is 19.4 Å². The summed E-state index contributed by atoms with van der Waals surface area (Å²) in [4.78, 5) is 37.9. The zero-order valence-corrected chi connectivity index (χ0v) is 13.8. The number of benzene rings is 1. The lowest BCUT2D eigenvalue weighted by Gasteiger charge is -2.09. The van der Waals surface area contributed by atoms with Crippen molar-refractivity contribution in [3.8, 4) is 11.5 Å². The molecule has 0 unspecified atom stereocenters. The van der Waals surface area contributed by atoms with Crippen LogP contribution in [0.4, 0.5) is 5.13 Å². The second kappa shape index (κ2) is 8.02. The average molecular weight is 346 g/mol. The van der Waals surface area contributed by atoms with Gasteiger partial charge in [0.25, 0.3) is 0 Å². The van der Waals surface area contributed by atoms with Gasteiger partial charge >= 0.3 is 11.9 Å². The number of hydrogen-bond acceptors (Lipinski definition) is 7. The maximum absolute atomic E-state index is 11.8. The maximum Gasteiger partial charge on any atom is 0.308 e. The number of rotatable bonds is 5. The summed E-state index contributed by atoms with van der Waals surface area (Å²) in [7, 11) is 0. The lowest BCUT2D eigenvalue weighted by molar-refractivity contribution is -0.134. The van der Waals surface area contributed by atoms with Crippen LogP contribution in [0.5, 0.6) is 11.5 Å². The fourth-order valence-corrected chi connectivity index (χ4v) is 2.24. The molecule has 0 saturated heterocycles. The van der Waals surface area contributed by atoms with Gasteiger partial charge in [-0.05, 0) is 23.8 Å². The summed E-state index contributed by atoms with van der Waals surface area (Å²) in [6, 6.07) is 4.60. The van der Waals surface area contributed by atoms with Crippen molar-refractivity contribution in [2.75, 3.05) is 5.32 Å². The first-order valence-electron chi connectivity index (χ1n) is 6.83. The van der Waals surface area contributed by atoms with Gasteiger partial charge in [-0.1, -0.05) is 6.07 Å². The van der Waals surface area contributed by atoms with Crippen LogP contribution in [0.15, 0.2) is 35.9 Å². The molecule has 2 rings (SSSR count). The van der Waals surface area contributed by atoms with E-state index in [4.69, 9.17) is 9.47 Å². The molecule has 1 heterocycles. The van der Waals surface area contributed by atoms with Crippen molar-refractivity contribution >= 4 is 40.4 Å². The summed E-state index contributed by atoms with van der Waals surface area (Å²) >= 11 is 1.31. The van der Waals surface area contributed by atoms with Crippen LogP contribution in [0.3, 0.4) is 0 Å². The second-order valence-electron chi connectivity index (χ2n) is 4.55. The third kappa shape index (κ3) is 5.33. The van der Waals surface area contributed by atoms with Crippen molar-refractivity contribution in [1.82, 2.24) is 4.98 Å². The van der Waals surface area contributed by atoms with Gasteiger partial charge in [-0.3, -0.25) is 19.7 Å². The first-order chi connectivity index (χ1) is 11.4. The van der Waals surface area contributed by atoms with Crippen molar-refractivity contribution in [3.05, 3.63) is 41.4 Å². The van der Waals surface area contributed by atoms with E-state index in [0.717, 1.165) is 0 Å². The number of nitrogens with one attached hydrogen (secondary N) is 1. The van der Waals surface area contributed by atoms with E-state index in [1.54, 1.807) is 17.6 Å². The monoisotopic (exact) mass is 346 g/mol. The van der Waals surface area contributed by atoms with Gasteiger partial charge in [-0.2, -0.15) is 0 Å². The van der Waals surface area contributed by atoms with E-state index in [9.17, 15) is 14.4 Å². The molecule has 24 heavy (non-hydrogen) atoms. The number of aromatic nitrogens is 1. The highest BCUT2D eigenvalue weighted by molar-refractivity contribution is 7.13. The van der Waals surface area contributed by atoms with Gasteiger partial charge in [-0.15, -0.1) is 11.3 Å². The molecule has 1 aromatic carbocycles. The normalized spacial score (nSPS) is 10.4. The predicted octanol–water partition coefficient (Wildman–Crippen LogP) is 2.65. The van der Waals surface area contributed by atoms with Crippen LogP contribution in [0.2, 0.25) is 0 Å². The molecule has 0 atom stereocenters. The third-order valence-corrected chi connectivity index (χ3v) is 3.25. The van der Waals surface area contributed by atoms with Gasteiger partial charge in [0, 0.05) is 31.5 Å². The van der Waals surface area contributed by atoms with Gasteiger partial charge < -0.3 is 9.47 Å². The smallest absolute Gasteiger partial charge is 0.308 e. The standard InChI is InChI=1S/C16H14N2O5S/c1-10(19)22-13-5-3-12(9-14(13)23-11(2)20)4-6-15(21)18-16-17-7-8-24-16/h3-9H,1-2H3,(H,17,18,21)/b6-4+. The SMILES string of the molecule is CC(=O)Oc1ccc(/C=C/C(=O)Nc2nccs2)cc1OC(C)=O. The Bertz CT molecular complexity index is 784. The molecular weight excluding hydrogens is 332 g/mol. The molecule has 1 N–H and O–H groups in total. The van der Waals surface area contributed by atoms with Gasteiger partial charge in [0.1, 0.15) is 0 Å². The Morgan fingerprint density at radius 3 is 2.46 bits per heavy atom. The molecule has 8 heteroatoms. The molecule has 0 aliphatic carbocycles. The Hall–Kier alpha value is -3.00. The number of nitrogens with zero attached hydrogens (tertiary/aromatic N) is 1. The number of anilines is 1. The Balaban J connectivity index is 2.14. The highest BCUT2D eigenvalue weighted by Crippen LogP contribution is 2.29. The van der Waals surface area contributed by atoms with E-state index in [0.29, 0.717) is 10.7 Å². The van der Waals surface area contributed by atoms with Crippen LogP contribution < -0.4 is 14.8 Å². The summed E-state index contributed by atoms with van der Waals surface area (Å²) in [6.45, 7) is 2.48. The number of ether oxygens (including phenoxy) is 2. The maximum atomic E-state index is 11.8. The molecule has 124 valence electrons. The summed E-state index contributed by atoms with van der Waals surface area (Å²) in [5.74, 6) is -1.20. The highest BCUT2D eigenvalue weighted by Gasteiger charge is 2.10. The minimum atomic E-state index is -0.550. The molecule has 0 aliphatic rings. The molecule has 7 nitrogen and oxygen atoms in total. The zero-order chi connectivity index (χ0) is 17.5. The fraction of sp³-hybridized carbons (Fsp3) is 0.125. The number of esters is 2. The highest BCUT2D eigenvalue weighted by atomic mass is 32.1. The number of carbonyl (C=O) groups is 3. The Morgan fingerprint density at radius 1 is 1.12 bits per heavy atom. The average Bonchev–Trinajstić information content (AvgIpc) is 2.99. The Kier molecular flexibility index (Phi) is 5.80. The Labute approximate surface area is 141 Å². The lowest BCUT2D eigenvalue weighted by Crippen LogP contribution is -2.08. The number of hydrogen-bond donors (Lipinski definition) is 1. The van der Waals surface area contributed by atoms with E-state index < -0.39 is 11.9 Å². The third-order valence-electron chi connectivity index (χ3n) is 2.56. The Morgan fingerprint density at radius 2 is 1.83 bits per heavy atom. The first kappa shape index (κ1) is 17.4. The molecule has 1 aromatic heterocycles. The summed E-state index contributed by atoms with van der Waals surface area (Å²) in [5.41, 5.74) is 0.594. The minimum Gasteiger partial charge on any atom is -0.423 e. The van der Waals surface area contributed by atoms with Crippen LogP contribution in [-0.2, 0) is 14.4 Å². The fourth-order valence-electron chi connectivity index (χ4n) is 1.71. The number of carbonyl (C=O) groups excluding carboxylic acids is 3. The van der Waals surface area contributed by atoms with E-state index in [-0.39, 0.29) is 17.4 Å². The van der Waals surface area contributed by atoms with Gasteiger partial charge in [0.2, 0.25) is 5.91 Å². The van der Waals surface area contributed by atoms with E-state index in [2.05, 4.69) is 10.3 Å². The second-order valence-corrected chi connectivity index (χ2v) is 5.45. The summed E-state index contributed by atoms with van der Waals surface area (Å²) < 4.78 is 9.99. The molecular formula is C16H14N2O5S. The van der Waals surface area contributed by atoms with Crippen molar-refractivity contribution < 1.29 is 23.9 Å². The molecule has 0 bridgehead atoms. The minimum absolute atomic E-state index is 0.0974. The first-order valence-corrected chi connectivity index (χ1v) is 7.71. The zero-order valence-electron chi connectivity index (χ0n) is 12.9. The molecule has 0 spiro atoms. The van der Waals surface area contributed by atoms with Crippen molar-refractivity contribution in [3.63, 3.8) is 0 Å². The van der Waals surface area contributed by atoms with Crippen LogP contribution in [0, 0.1) is 0 Å². The molecule has 2 aromatic rings. The van der Waals surface area contributed by atoms with Crippen LogP contribution in [-0.4, -0.2) is 22.8 Å². The van der Waals surface area contributed by atoms with Gasteiger partial charge in [-0.25, -0.2) is 4.98 Å². The predicted molar refractivity (Wildman–Crippen MR) is 88.8 cm³/mol. The number of thiazole rings is 1. The summed E-state index contributed by atoms with van der Waals surface area (Å²) in [6.07, 6.45) is 4.44. The van der Waals surface area contributed by atoms with E-state index in [1.807, 2.05) is 0 Å². The molecule has 0 fully saturated rings. The quantitative estimate of drug-likeness (QED) is 0.508.